The maximum atomic E-state index is 4.69. The molecule has 0 fully saturated rings. The SMILES string of the molecule is CCNC(=NCCc1nc(CC)c(C)s1)NCCc1nc(C)c(C)s1. The van der Waals surface area contributed by atoms with Gasteiger partial charge in [0.2, 0.25) is 0 Å². The van der Waals surface area contributed by atoms with Crippen molar-refractivity contribution in [3.8, 4) is 0 Å². The largest absolute Gasteiger partial charge is 0.357 e. The molecule has 0 aliphatic carbocycles. The van der Waals surface area contributed by atoms with Crippen molar-refractivity contribution in [1.29, 1.82) is 0 Å². The highest BCUT2D eigenvalue weighted by molar-refractivity contribution is 7.11. The molecule has 0 aliphatic rings. The molecular formula is C18H29N5S2. The predicted molar refractivity (Wildman–Crippen MR) is 109 cm³/mol. The minimum atomic E-state index is 0.751. The van der Waals surface area contributed by atoms with Gasteiger partial charge in [-0.05, 0) is 34.1 Å². The molecule has 0 saturated heterocycles. The average molecular weight is 380 g/mol. The van der Waals surface area contributed by atoms with Crippen LogP contribution in [0.4, 0.5) is 0 Å². The molecule has 0 aromatic carbocycles. The van der Waals surface area contributed by atoms with Gasteiger partial charge in [0.25, 0.3) is 0 Å². The number of aryl methyl sites for hydroxylation is 4. The highest BCUT2D eigenvalue weighted by Gasteiger charge is 2.06. The molecule has 0 spiro atoms. The summed E-state index contributed by atoms with van der Waals surface area (Å²) in [7, 11) is 0. The summed E-state index contributed by atoms with van der Waals surface area (Å²) in [6.07, 6.45) is 2.83. The summed E-state index contributed by atoms with van der Waals surface area (Å²) in [5, 5.41) is 9.07. The highest BCUT2D eigenvalue weighted by Crippen LogP contribution is 2.18. The predicted octanol–water partition coefficient (Wildman–Crippen LogP) is 3.43. The normalized spacial score (nSPS) is 11.8. The summed E-state index contributed by atoms with van der Waals surface area (Å²) < 4.78 is 0. The van der Waals surface area contributed by atoms with Gasteiger partial charge in [-0.2, -0.15) is 0 Å². The Kier molecular flexibility index (Phi) is 7.84. The Labute approximate surface area is 159 Å². The molecular weight excluding hydrogens is 350 g/mol. The van der Waals surface area contributed by atoms with Crippen molar-refractivity contribution in [2.45, 2.75) is 53.9 Å². The van der Waals surface area contributed by atoms with Crippen molar-refractivity contribution in [3.05, 3.63) is 31.2 Å². The van der Waals surface area contributed by atoms with Crippen LogP contribution in [0.1, 0.15) is 45.0 Å². The molecule has 2 N–H and O–H groups in total. The maximum Gasteiger partial charge on any atom is 0.191 e. The molecule has 0 atom stereocenters. The van der Waals surface area contributed by atoms with E-state index in [4.69, 9.17) is 0 Å². The Bertz CT molecular complexity index is 683. The Morgan fingerprint density at radius 3 is 2.28 bits per heavy atom. The molecule has 0 radical (unpaired) electrons. The molecule has 2 heterocycles. The summed E-state index contributed by atoms with van der Waals surface area (Å²) >= 11 is 3.58. The molecule has 0 saturated carbocycles. The number of guanidine groups is 1. The van der Waals surface area contributed by atoms with Crippen molar-refractivity contribution in [2.75, 3.05) is 19.6 Å². The van der Waals surface area contributed by atoms with Gasteiger partial charge in [0.15, 0.2) is 5.96 Å². The molecule has 0 unspecified atom stereocenters. The molecule has 0 aliphatic heterocycles. The molecule has 7 heteroatoms. The first-order valence-electron chi connectivity index (χ1n) is 8.93. The van der Waals surface area contributed by atoms with Gasteiger partial charge in [-0.15, -0.1) is 22.7 Å². The van der Waals surface area contributed by atoms with Crippen LogP contribution in [0, 0.1) is 20.8 Å². The average Bonchev–Trinajstić information content (AvgIpc) is 3.09. The number of aliphatic imine (C=N–C) groups is 1. The van der Waals surface area contributed by atoms with Crippen LogP contribution in [0.3, 0.4) is 0 Å². The Balaban J connectivity index is 1.82. The molecule has 2 aromatic heterocycles. The van der Waals surface area contributed by atoms with E-state index >= 15 is 0 Å². The molecule has 5 nitrogen and oxygen atoms in total. The van der Waals surface area contributed by atoms with E-state index in [0.717, 1.165) is 50.6 Å². The van der Waals surface area contributed by atoms with E-state index in [2.05, 4.69) is 60.2 Å². The number of thiazole rings is 2. The van der Waals surface area contributed by atoms with Crippen molar-refractivity contribution in [2.24, 2.45) is 4.99 Å². The van der Waals surface area contributed by atoms with Gasteiger partial charge in [0, 0.05) is 42.2 Å². The van der Waals surface area contributed by atoms with E-state index in [1.165, 1.54) is 25.5 Å². The number of nitrogens with zero attached hydrogens (tertiary/aromatic N) is 3. The van der Waals surface area contributed by atoms with E-state index in [-0.39, 0.29) is 0 Å². The summed E-state index contributed by atoms with van der Waals surface area (Å²) in [5.41, 5.74) is 2.37. The standard InChI is InChI=1S/C18H29N5S2/c1-6-15-14(5)25-17(23-15)9-11-21-18(19-7-2)20-10-8-16-22-12(3)13(4)24-16/h6-11H2,1-5H3,(H2,19,20,21). The lowest BCUT2D eigenvalue weighted by molar-refractivity contribution is 0.792. The first kappa shape index (κ1) is 19.8. The van der Waals surface area contributed by atoms with E-state index in [0.29, 0.717) is 0 Å². The van der Waals surface area contributed by atoms with Gasteiger partial charge in [-0.3, -0.25) is 4.99 Å². The fourth-order valence-electron chi connectivity index (χ4n) is 2.46. The van der Waals surface area contributed by atoms with Gasteiger partial charge < -0.3 is 10.6 Å². The minimum Gasteiger partial charge on any atom is -0.357 e. The summed E-state index contributed by atoms with van der Waals surface area (Å²) in [4.78, 5) is 16.6. The van der Waals surface area contributed by atoms with Gasteiger partial charge >= 0.3 is 0 Å². The van der Waals surface area contributed by atoms with E-state index < -0.39 is 0 Å². The number of hydrogen-bond acceptors (Lipinski definition) is 5. The fraction of sp³-hybridized carbons (Fsp3) is 0.611. The van der Waals surface area contributed by atoms with Crippen LogP contribution in [-0.4, -0.2) is 35.6 Å². The minimum absolute atomic E-state index is 0.751. The lowest BCUT2D eigenvalue weighted by atomic mass is 10.3. The number of hydrogen-bond donors (Lipinski definition) is 2. The summed E-state index contributed by atoms with van der Waals surface area (Å²) in [6, 6.07) is 0. The van der Waals surface area contributed by atoms with Crippen LogP contribution < -0.4 is 10.6 Å². The van der Waals surface area contributed by atoms with E-state index in [9.17, 15) is 0 Å². The molecule has 2 rings (SSSR count). The van der Waals surface area contributed by atoms with Gasteiger partial charge in [-0.1, -0.05) is 6.92 Å². The van der Waals surface area contributed by atoms with Crippen molar-refractivity contribution in [1.82, 2.24) is 20.6 Å². The number of aromatic nitrogens is 2. The second kappa shape index (κ2) is 9.87. The van der Waals surface area contributed by atoms with Crippen molar-refractivity contribution < 1.29 is 0 Å². The monoisotopic (exact) mass is 379 g/mol. The Morgan fingerprint density at radius 1 is 0.960 bits per heavy atom. The third-order valence-electron chi connectivity index (χ3n) is 3.92. The van der Waals surface area contributed by atoms with Crippen LogP contribution in [0.2, 0.25) is 0 Å². The summed E-state index contributed by atoms with van der Waals surface area (Å²) in [5.74, 6) is 0.872. The Morgan fingerprint density at radius 2 is 1.68 bits per heavy atom. The smallest absolute Gasteiger partial charge is 0.191 e. The first-order chi connectivity index (χ1) is 12.0. The third-order valence-corrected chi connectivity index (χ3v) is 6.12. The van der Waals surface area contributed by atoms with Gasteiger partial charge in [-0.25, -0.2) is 9.97 Å². The van der Waals surface area contributed by atoms with E-state index in [1.54, 1.807) is 22.7 Å². The molecule has 0 bridgehead atoms. The zero-order chi connectivity index (χ0) is 18.2. The van der Waals surface area contributed by atoms with Gasteiger partial charge in [0.05, 0.1) is 21.4 Å². The van der Waals surface area contributed by atoms with Crippen LogP contribution >= 0.6 is 22.7 Å². The molecule has 138 valence electrons. The second-order valence-corrected chi connectivity index (χ2v) is 8.48. The molecule has 2 aromatic rings. The highest BCUT2D eigenvalue weighted by atomic mass is 32.1. The maximum absolute atomic E-state index is 4.69. The second-order valence-electron chi connectivity index (χ2n) is 5.90. The zero-order valence-corrected chi connectivity index (χ0v) is 17.5. The fourth-order valence-corrected chi connectivity index (χ4v) is 4.41. The number of nitrogens with one attached hydrogen (secondary N) is 2. The van der Waals surface area contributed by atoms with Crippen LogP contribution in [-0.2, 0) is 19.3 Å². The van der Waals surface area contributed by atoms with Crippen molar-refractivity contribution >= 4 is 28.6 Å². The molecule has 0 amide bonds. The first-order valence-corrected chi connectivity index (χ1v) is 10.6. The summed E-state index contributed by atoms with van der Waals surface area (Å²) in [6.45, 7) is 13.0. The van der Waals surface area contributed by atoms with Gasteiger partial charge in [0.1, 0.15) is 0 Å². The van der Waals surface area contributed by atoms with Crippen LogP contribution in [0.5, 0.6) is 0 Å². The quantitative estimate of drug-likeness (QED) is 0.545. The molecule has 25 heavy (non-hydrogen) atoms. The lowest BCUT2D eigenvalue weighted by Crippen LogP contribution is -2.38. The topological polar surface area (TPSA) is 62.2 Å². The Hall–Kier alpha value is -1.47. The van der Waals surface area contributed by atoms with E-state index in [1.807, 2.05) is 0 Å². The lowest BCUT2D eigenvalue weighted by Gasteiger charge is -2.10. The zero-order valence-electron chi connectivity index (χ0n) is 15.9. The van der Waals surface area contributed by atoms with Crippen LogP contribution in [0.25, 0.3) is 0 Å². The number of rotatable bonds is 8. The third kappa shape index (κ3) is 6.08. The van der Waals surface area contributed by atoms with Crippen LogP contribution in [0.15, 0.2) is 4.99 Å². The van der Waals surface area contributed by atoms with Crippen molar-refractivity contribution in [3.63, 3.8) is 0 Å².